The van der Waals surface area contributed by atoms with Crippen LogP contribution in [-0.2, 0) is 0 Å². The molecule has 0 radical (unpaired) electrons. The lowest BCUT2D eigenvalue weighted by molar-refractivity contribution is 0.277. The Labute approximate surface area is 92.0 Å². The summed E-state index contributed by atoms with van der Waals surface area (Å²) in [6, 6.07) is 1.73. The van der Waals surface area contributed by atoms with Gasteiger partial charge in [-0.1, -0.05) is 0 Å². The molecule has 1 spiro atoms. The number of nitrogens with one attached hydrogen (secondary N) is 2. The SMILES string of the molecule is C1CC23CCNC2CCC3N1.Cl.Cl. The Hall–Kier alpha value is 0.500. The standard InChI is InChI=1S/C9H16N2.2ClH/c1-2-8-9(4-6-11-8)3-5-10-7(1)9;;/h7-8,10-11H,1-6H2;2*1H. The van der Waals surface area contributed by atoms with E-state index in [4.69, 9.17) is 0 Å². The Morgan fingerprint density at radius 1 is 0.846 bits per heavy atom. The van der Waals surface area contributed by atoms with Crippen LogP contribution in [0.15, 0.2) is 0 Å². The van der Waals surface area contributed by atoms with Crippen molar-refractivity contribution in [2.75, 3.05) is 13.1 Å². The highest BCUT2D eigenvalue weighted by atomic mass is 35.5. The average molecular weight is 225 g/mol. The molecule has 0 amide bonds. The largest absolute Gasteiger partial charge is 0.313 e. The molecule has 2 unspecified atom stereocenters. The average Bonchev–Trinajstić information content (AvgIpc) is 2.55. The summed E-state index contributed by atoms with van der Waals surface area (Å²) >= 11 is 0. The minimum Gasteiger partial charge on any atom is -0.313 e. The molecule has 4 heteroatoms. The lowest BCUT2D eigenvalue weighted by Crippen LogP contribution is -2.37. The molecule has 0 aromatic rings. The van der Waals surface area contributed by atoms with Gasteiger partial charge >= 0.3 is 0 Å². The van der Waals surface area contributed by atoms with Crippen molar-refractivity contribution in [1.29, 1.82) is 0 Å². The van der Waals surface area contributed by atoms with E-state index in [1.54, 1.807) is 0 Å². The molecule has 0 bridgehead atoms. The van der Waals surface area contributed by atoms with Gasteiger partial charge in [0.15, 0.2) is 0 Å². The van der Waals surface area contributed by atoms with Crippen molar-refractivity contribution >= 4 is 24.8 Å². The van der Waals surface area contributed by atoms with E-state index in [9.17, 15) is 0 Å². The van der Waals surface area contributed by atoms with Crippen LogP contribution in [0.5, 0.6) is 0 Å². The van der Waals surface area contributed by atoms with Gasteiger partial charge in [0, 0.05) is 17.5 Å². The number of hydrogen-bond donors (Lipinski definition) is 2. The van der Waals surface area contributed by atoms with E-state index in [1.165, 1.54) is 38.8 Å². The summed E-state index contributed by atoms with van der Waals surface area (Å²) in [7, 11) is 0. The highest BCUT2D eigenvalue weighted by molar-refractivity contribution is 5.85. The van der Waals surface area contributed by atoms with E-state index < -0.39 is 0 Å². The van der Waals surface area contributed by atoms with Gasteiger partial charge in [0.05, 0.1) is 0 Å². The zero-order valence-electron chi connectivity index (χ0n) is 7.71. The van der Waals surface area contributed by atoms with Crippen LogP contribution in [0.2, 0.25) is 0 Å². The fraction of sp³-hybridized carbons (Fsp3) is 1.00. The van der Waals surface area contributed by atoms with E-state index in [1.807, 2.05) is 0 Å². The second kappa shape index (κ2) is 3.93. The van der Waals surface area contributed by atoms with E-state index in [0.717, 1.165) is 12.1 Å². The first-order chi connectivity index (χ1) is 5.42. The quantitative estimate of drug-likeness (QED) is 0.650. The lowest BCUT2D eigenvalue weighted by atomic mass is 9.79. The van der Waals surface area contributed by atoms with Crippen molar-refractivity contribution in [3.05, 3.63) is 0 Å². The zero-order valence-corrected chi connectivity index (χ0v) is 9.35. The van der Waals surface area contributed by atoms with E-state index in [0.29, 0.717) is 5.41 Å². The Morgan fingerprint density at radius 3 is 1.77 bits per heavy atom. The van der Waals surface area contributed by atoms with Crippen molar-refractivity contribution in [2.45, 2.75) is 37.8 Å². The zero-order chi connectivity index (χ0) is 7.31. The van der Waals surface area contributed by atoms with Gasteiger partial charge in [0.2, 0.25) is 0 Å². The molecule has 2 heterocycles. The number of hydrogen-bond acceptors (Lipinski definition) is 2. The predicted molar refractivity (Wildman–Crippen MR) is 59.0 cm³/mol. The van der Waals surface area contributed by atoms with Crippen LogP contribution in [-0.4, -0.2) is 25.2 Å². The maximum absolute atomic E-state index is 3.64. The first kappa shape index (κ1) is 11.6. The molecular formula is C9H18Cl2N2. The maximum Gasteiger partial charge on any atom is 0.0140 e. The van der Waals surface area contributed by atoms with Crippen molar-refractivity contribution in [1.82, 2.24) is 10.6 Å². The van der Waals surface area contributed by atoms with Crippen molar-refractivity contribution in [3.8, 4) is 0 Å². The van der Waals surface area contributed by atoms with Crippen LogP contribution in [0.25, 0.3) is 0 Å². The van der Waals surface area contributed by atoms with Gasteiger partial charge in [-0.05, 0) is 38.8 Å². The lowest BCUT2D eigenvalue weighted by Gasteiger charge is -2.27. The highest BCUT2D eigenvalue weighted by Crippen LogP contribution is 2.49. The Balaban J connectivity index is 0.000000422. The van der Waals surface area contributed by atoms with E-state index in [-0.39, 0.29) is 24.8 Å². The van der Waals surface area contributed by atoms with Crippen LogP contribution < -0.4 is 10.6 Å². The van der Waals surface area contributed by atoms with Gasteiger partial charge in [-0.15, -0.1) is 24.8 Å². The molecule has 2 atom stereocenters. The molecule has 2 saturated heterocycles. The minimum atomic E-state index is 0. The fourth-order valence-corrected chi connectivity index (χ4v) is 3.54. The molecule has 0 aromatic carbocycles. The molecule has 13 heavy (non-hydrogen) atoms. The molecule has 0 aromatic heterocycles. The van der Waals surface area contributed by atoms with Gasteiger partial charge < -0.3 is 10.6 Å². The molecular weight excluding hydrogens is 207 g/mol. The molecule has 2 aliphatic heterocycles. The summed E-state index contributed by atoms with van der Waals surface area (Å²) in [6.45, 7) is 2.53. The molecule has 78 valence electrons. The van der Waals surface area contributed by atoms with Crippen LogP contribution in [0.4, 0.5) is 0 Å². The second-order valence-corrected chi connectivity index (χ2v) is 4.32. The van der Waals surface area contributed by atoms with E-state index in [2.05, 4.69) is 10.6 Å². The molecule has 2 N–H and O–H groups in total. The summed E-state index contributed by atoms with van der Waals surface area (Å²) in [5.74, 6) is 0. The second-order valence-electron chi connectivity index (χ2n) is 4.32. The summed E-state index contributed by atoms with van der Waals surface area (Å²) in [4.78, 5) is 0. The predicted octanol–water partition coefficient (Wildman–Crippen LogP) is 1.33. The van der Waals surface area contributed by atoms with E-state index >= 15 is 0 Å². The summed E-state index contributed by atoms with van der Waals surface area (Å²) in [6.07, 6.45) is 5.68. The van der Waals surface area contributed by atoms with Gasteiger partial charge in [0.1, 0.15) is 0 Å². The van der Waals surface area contributed by atoms with Crippen LogP contribution in [0.1, 0.15) is 25.7 Å². The Kier molecular flexibility index (Phi) is 3.50. The Bertz CT molecular complexity index is 166. The normalized spacial score (nSPS) is 46.2. The van der Waals surface area contributed by atoms with Crippen molar-refractivity contribution < 1.29 is 0 Å². The van der Waals surface area contributed by atoms with Gasteiger partial charge in [-0.25, -0.2) is 0 Å². The molecule has 1 saturated carbocycles. The van der Waals surface area contributed by atoms with Gasteiger partial charge in [-0.3, -0.25) is 0 Å². The topological polar surface area (TPSA) is 24.1 Å². The Morgan fingerprint density at radius 2 is 1.31 bits per heavy atom. The molecule has 2 nitrogen and oxygen atoms in total. The fourth-order valence-electron chi connectivity index (χ4n) is 3.54. The number of halogens is 2. The molecule has 3 fully saturated rings. The molecule has 1 aliphatic carbocycles. The summed E-state index contributed by atoms with van der Waals surface area (Å²) < 4.78 is 0. The van der Waals surface area contributed by atoms with Gasteiger partial charge in [-0.2, -0.15) is 0 Å². The van der Waals surface area contributed by atoms with Crippen molar-refractivity contribution in [3.63, 3.8) is 0 Å². The third-order valence-electron chi connectivity index (χ3n) is 4.09. The maximum atomic E-state index is 3.64. The third-order valence-corrected chi connectivity index (χ3v) is 4.09. The summed E-state index contributed by atoms with van der Waals surface area (Å²) in [5.41, 5.74) is 0.694. The number of rotatable bonds is 0. The van der Waals surface area contributed by atoms with Crippen LogP contribution >= 0.6 is 24.8 Å². The monoisotopic (exact) mass is 224 g/mol. The summed E-state index contributed by atoms with van der Waals surface area (Å²) in [5, 5.41) is 7.28. The molecule has 3 aliphatic rings. The van der Waals surface area contributed by atoms with Crippen molar-refractivity contribution in [2.24, 2.45) is 5.41 Å². The van der Waals surface area contributed by atoms with Crippen LogP contribution in [0, 0.1) is 5.41 Å². The first-order valence-electron chi connectivity index (χ1n) is 4.89. The third kappa shape index (κ3) is 1.39. The smallest absolute Gasteiger partial charge is 0.0140 e. The first-order valence-corrected chi connectivity index (χ1v) is 4.89. The van der Waals surface area contributed by atoms with Crippen LogP contribution in [0.3, 0.4) is 0 Å². The molecule has 3 rings (SSSR count). The van der Waals surface area contributed by atoms with Gasteiger partial charge in [0.25, 0.3) is 0 Å². The minimum absolute atomic E-state index is 0. The highest BCUT2D eigenvalue weighted by Gasteiger charge is 2.54.